The van der Waals surface area contributed by atoms with Crippen LogP contribution < -0.4 is 15.9 Å². The minimum Gasteiger partial charge on any atom is -0.554 e. The molecule has 0 saturated heterocycles. The van der Waals surface area contributed by atoms with Crippen molar-refractivity contribution < 1.29 is 36.9 Å². The summed E-state index contributed by atoms with van der Waals surface area (Å²) in [6.07, 6.45) is 2.39. The number of hydrogen-bond donors (Lipinski definition) is 1. The van der Waals surface area contributed by atoms with Crippen LogP contribution in [-0.4, -0.2) is 30.5 Å². The quantitative estimate of drug-likeness (QED) is 0.430. The summed E-state index contributed by atoms with van der Waals surface area (Å²) in [5.74, 6) is -0.390. The van der Waals surface area contributed by atoms with Crippen molar-refractivity contribution in [3.63, 3.8) is 0 Å². The second-order valence-electron chi connectivity index (χ2n) is 1.80. The van der Waals surface area contributed by atoms with Gasteiger partial charge < -0.3 is 25.5 Å². The standard InChI is InChI=1S/C5H11NO2S.CH2O2.Cu/c1-9-3-2-4(6)5(7)8;2-1-3;/h4H,2-3,6H2,1H3,(H,7,8);1H,(H,2,3);/q;;+2/p-2/t4-;;/m0../s1. The van der Waals surface area contributed by atoms with Gasteiger partial charge in [-0.25, -0.2) is 0 Å². The molecule has 0 rings (SSSR count). The van der Waals surface area contributed by atoms with Crippen LogP contribution >= 0.6 is 11.8 Å². The maximum atomic E-state index is 9.96. The molecule has 0 unspecified atom stereocenters. The van der Waals surface area contributed by atoms with E-state index < -0.39 is 18.5 Å². The minimum atomic E-state index is -1.16. The Morgan fingerprint density at radius 3 is 2.31 bits per heavy atom. The Labute approximate surface area is 91.5 Å². The van der Waals surface area contributed by atoms with Crippen molar-refractivity contribution in [1.82, 2.24) is 0 Å². The average molecular weight is 257 g/mol. The molecule has 0 aromatic carbocycles. The molecule has 7 heteroatoms. The van der Waals surface area contributed by atoms with Gasteiger partial charge in [-0.3, -0.25) is 0 Å². The molecule has 0 saturated carbocycles. The van der Waals surface area contributed by atoms with E-state index in [1.54, 1.807) is 11.8 Å². The summed E-state index contributed by atoms with van der Waals surface area (Å²) in [5, 5.41) is 18.2. The van der Waals surface area contributed by atoms with Crippen molar-refractivity contribution in [3.05, 3.63) is 0 Å². The van der Waals surface area contributed by atoms with Gasteiger partial charge in [0.05, 0.1) is 5.97 Å². The van der Waals surface area contributed by atoms with Crippen LogP contribution in [0.1, 0.15) is 6.42 Å². The van der Waals surface area contributed by atoms with Gasteiger partial charge in [0.1, 0.15) is 0 Å². The fourth-order valence-corrected chi connectivity index (χ4v) is 0.852. The first-order chi connectivity index (χ1) is 5.59. The molecular formula is C6H11CuNO4S. The molecule has 0 bridgehead atoms. The van der Waals surface area contributed by atoms with E-state index in [0.717, 1.165) is 5.75 Å². The number of carbonyl (C=O) groups is 2. The van der Waals surface area contributed by atoms with E-state index in [4.69, 9.17) is 15.6 Å². The number of carbonyl (C=O) groups excluding carboxylic acids is 2. The average Bonchev–Trinajstić information content (AvgIpc) is 2.01. The molecule has 0 aromatic rings. The van der Waals surface area contributed by atoms with Crippen LogP contribution in [0.2, 0.25) is 0 Å². The van der Waals surface area contributed by atoms with Gasteiger partial charge in [0.15, 0.2) is 0 Å². The van der Waals surface area contributed by atoms with Crippen LogP contribution in [0.15, 0.2) is 0 Å². The van der Waals surface area contributed by atoms with E-state index in [9.17, 15) is 9.90 Å². The molecular weight excluding hydrogens is 246 g/mol. The van der Waals surface area contributed by atoms with Gasteiger partial charge in [0.25, 0.3) is 0 Å². The van der Waals surface area contributed by atoms with Crippen LogP contribution in [0, 0.1) is 0 Å². The zero-order valence-corrected chi connectivity index (χ0v) is 8.75. The molecule has 1 atom stereocenters. The molecule has 0 fully saturated rings. The van der Waals surface area contributed by atoms with Crippen LogP contribution in [0.3, 0.4) is 0 Å². The second kappa shape index (κ2) is 14.3. The Balaban J connectivity index is -0.000000220. The summed E-state index contributed by atoms with van der Waals surface area (Å²) in [7, 11) is 0. The van der Waals surface area contributed by atoms with Gasteiger partial charge in [-0.15, -0.1) is 0 Å². The predicted molar refractivity (Wildman–Crippen MR) is 42.0 cm³/mol. The fraction of sp³-hybridized carbons (Fsp3) is 0.667. The molecule has 13 heavy (non-hydrogen) atoms. The van der Waals surface area contributed by atoms with Crippen molar-refractivity contribution in [2.45, 2.75) is 12.5 Å². The Hall–Kier alpha value is -0.231. The minimum absolute atomic E-state index is 0. The van der Waals surface area contributed by atoms with E-state index in [-0.39, 0.29) is 17.1 Å². The summed E-state index contributed by atoms with van der Waals surface area (Å²) < 4.78 is 0. The van der Waals surface area contributed by atoms with Gasteiger partial charge in [-0.1, -0.05) is 0 Å². The third-order valence-electron chi connectivity index (χ3n) is 0.936. The zero-order valence-electron chi connectivity index (χ0n) is 6.99. The van der Waals surface area contributed by atoms with E-state index >= 15 is 0 Å². The van der Waals surface area contributed by atoms with Crippen LogP contribution in [0.5, 0.6) is 0 Å². The molecule has 0 aliphatic heterocycles. The van der Waals surface area contributed by atoms with Crippen LogP contribution in [-0.2, 0) is 26.7 Å². The molecule has 0 aliphatic rings. The monoisotopic (exact) mass is 256 g/mol. The molecule has 0 amide bonds. The summed E-state index contributed by atoms with van der Waals surface area (Å²) >= 11 is 1.58. The second-order valence-corrected chi connectivity index (χ2v) is 2.79. The zero-order chi connectivity index (χ0) is 9.98. The number of aliphatic carboxylic acids is 1. The predicted octanol–water partition coefficient (Wildman–Crippen LogP) is -2.82. The number of rotatable bonds is 4. The van der Waals surface area contributed by atoms with Gasteiger partial charge >= 0.3 is 17.1 Å². The van der Waals surface area contributed by atoms with Crippen LogP contribution in [0.25, 0.3) is 0 Å². The van der Waals surface area contributed by atoms with Gasteiger partial charge in [-0.05, 0) is 18.4 Å². The summed E-state index contributed by atoms with van der Waals surface area (Å²) in [4.78, 5) is 18.2. The molecule has 1 radical (unpaired) electrons. The molecule has 0 spiro atoms. The first-order valence-electron chi connectivity index (χ1n) is 3.11. The van der Waals surface area contributed by atoms with Crippen molar-refractivity contribution in [2.75, 3.05) is 12.0 Å². The third-order valence-corrected chi connectivity index (χ3v) is 1.58. The van der Waals surface area contributed by atoms with Crippen molar-refractivity contribution in [3.8, 4) is 0 Å². The third kappa shape index (κ3) is 18.6. The van der Waals surface area contributed by atoms with Crippen LogP contribution in [0.4, 0.5) is 0 Å². The van der Waals surface area contributed by atoms with Gasteiger partial charge in [-0.2, -0.15) is 11.8 Å². The summed E-state index contributed by atoms with van der Waals surface area (Å²) in [5.41, 5.74) is 5.13. The maximum absolute atomic E-state index is 9.96. The molecule has 0 aromatic heterocycles. The van der Waals surface area contributed by atoms with Gasteiger partial charge in [0, 0.05) is 12.5 Å². The normalized spacial score (nSPS) is 10.0. The fourth-order valence-electron chi connectivity index (χ4n) is 0.363. The van der Waals surface area contributed by atoms with Crippen molar-refractivity contribution in [1.29, 1.82) is 0 Å². The smallest absolute Gasteiger partial charge is 0.554 e. The molecule has 5 nitrogen and oxygen atoms in total. The Kier molecular flexibility index (Phi) is 20.4. The van der Waals surface area contributed by atoms with Gasteiger partial charge in [0.2, 0.25) is 0 Å². The summed E-state index contributed by atoms with van der Waals surface area (Å²) in [6.45, 7) is -0.500. The van der Waals surface area contributed by atoms with E-state index in [2.05, 4.69) is 0 Å². The Morgan fingerprint density at radius 2 is 2.08 bits per heavy atom. The molecule has 2 N–H and O–H groups in total. The Morgan fingerprint density at radius 1 is 1.69 bits per heavy atom. The number of thioether (sulfide) groups is 1. The largest absolute Gasteiger partial charge is 2.00 e. The van der Waals surface area contributed by atoms with E-state index in [0.29, 0.717) is 6.42 Å². The number of carboxylic acids is 1. The number of hydrogen-bond acceptors (Lipinski definition) is 6. The first-order valence-corrected chi connectivity index (χ1v) is 4.50. The van der Waals surface area contributed by atoms with E-state index in [1.165, 1.54) is 0 Å². The van der Waals surface area contributed by atoms with E-state index in [1.807, 2.05) is 6.26 Å². The molecule has 81 valence electrons. The van der Waals surface area contributed by atoms with Crippen molar-refractivity contribution >= 4 is 24.2 Å². The summed E-state index contributed by atoms with van der Waals surface area (Å²) in [6, 6.07) is -0.794. The Bertz CT molecular complexity index is 136. The first kappa shape index (κ1) is 18.5. The number of carboxylic acid groups (broad SMARTS) is 2. The SMILES string of the molecule is CSCC[C@H](N)C(=O)[O-].O=C[O-].[Cu+2]. The maximum Gasteiger partial charge on any atom is 2.00 e. The molecule has 0 heterocycles. The topological polar surface area (TPSA) is 106 Å². The molecule has 0 aliphatic carbocycles. The van der Waals surface area contributed by atoms with Crippen molar-refractivity contribution in [2.24, 2.45) is 5.73 Å². The number of nitrogens with two attached hydrogens (primary N) is 1.